The summed E-state index contributed by atoms with van der Waals surface area (Å²) in [5.74, 6) is 3.93. The Morgan fingerprint density at radius 3 is 0.696 bits per heavy atom. The van der Waals surface area contributed by atoms with Crippen LogP contribution in [0.3, 0.4) is 0 Å². The molecule has 0 saturated carbocycles. The van der Waals surface area contributed by atoms with Crippen LogP contribution in [0.1, 0.15) is 219 Å². The standard InChI is InChI=1S/C46H84O2S8/c1-3-5-7-9-11-13-15-17-19-21-23-25-27-29-31-33-37-49-41-42(54-45(53-41)46-55-43(51-39-35-47)44(56-46)52-40-36-48)50-38-34-32-30-28-26-24-22-20-18-16-14-12-10-8-6-4-2/h47-48H,3-40H2,1-2H3. The number of unbranched alkanes of at least 4 members (excludes halogenated alkanes) is 30. The van der Waals surface area contributed by atoms with Gasteiger partial charge in [0.25, 0.3) is 0 Å². The fourth-order valence-corrected chi connectivity index (χ4v) is 18.7. The highest BCUT2D eigenvalue weighted by Crippen LogP contribution is 2.66. The van der Waals surface area contributed by atoms with E-state index in [0.29, 0.717) is 0 Å². The Kier molecular flexibility index (Phi) is 39.6. The number of aliphatic hydroxyl groups excluding tert-OH is 2. The first-order valence-corrected chi connectivity index (χ1v) is 30.6. The van der Waals surface area contributed by atoms with Gasteiger partial charge >= 0.3 is 0 Å². The van der Waals surface area contributed by atoms with Gasteiger partial charge in [-0.1, -0.05) is 254 Å². The van der Waals surface area contributed by atoms with E-state index >= 15 is 0 Å². The average Bonchev–Trinajstić information content (AvgIpc) is 3.82. The van der Waals surface area contributed by atoms with Gasteiger partial charge in [0.15, 0.2) is 0 Å². The maximum atomic E-state index is 9.48. The third kappa shape index (κ3) is 29.3. The van der Waals surface area contributed by atoms with E-state index in [1.54, 1.807) is 32.0 Å². The smallest absolute Gasteiger partial charge is 0.0717 e. The van der Waals surface area contributed by atoms with Crippen LogP contribution in [0.5, 0.6) is 0 Å². The molecule has 0 aromatic rings. The van der Waals surface area contributed by atoms with Gasteiger partial charge in [-0.05, 0) is 24.3 Å². The van der Waals surface area contributed by atoms with Crippen LogP contribution in [-0.4, -0.2) is 46.4 Å². The van der Waals surface area contributed by atoms with Gasteiger partial charge in [0.1, 0.15) is 0 Å². The van der Waals surface area contributed by atoms with Gasteiger partial charge in [0.2, 0.25) is 0 Å². The van der Waals surface area contributed by atoms with Crippen molar-refractivity contribution in [1.29, 1.82) is 0 Å². The summed E-state index contributed by atoms with van der Waals surface area (Å²) in [5, 5.41) is 19.0. The van der Waals surface area contributed by atoms with Crippen molar-refractivity contribution in [3.63, 3.8) is 0 Å². The molecule has 0 spiro atoms. The predicted octanol–water partition coefficient (Wildman–Crippen LogP) is 18.8. The summed E-state index contributed by atoms with van der Waals surface area (Å²) in [5.41, 5.74) is 0. The fraction of sp³-hybridized carbons (Fsp3) is 0.870. The van der Waals surface area contributed by atoms with E-state index in [-0.39, 0.29) is 13.2 Å². The van der Waals surface area contributed by atoms with Gasteiger partial charge in [0, 0.05) is 11.5 Å². The lowest BCUT2D eigenvalue weighted by Crippen LogP contribution is -1.87. The Balaban J connectivity index is 1.65. The van der Waals surface area contributed by atoms with Crippen molar-refractivity contribution in [2.45, 2.75) is 219 Å². The monoisotopic (exact) mass is 924 g/mol. The van der Waals surface area contributed by atoms with E-state index in [1.807, 2.05) is 47.0 Å². The number of aliphatic hydroxyl groups is 2. The normalized spacial score (nSPS) is 14.8. The zero-order valence-electron chi connectivity index (χ0n) is 36.0. The second kappa shape index (κ2) is 41.0. The van der Waals surface area contributed by atoms with Crippen LogP contribution in [0.25, 0.3) is 0 Å². The molecule has 0 unspecified atom stereocenters. The molecular weight excluding hydrogens is 841 g/mol. The Morgan fingerprint density at radius 1 is 0.286 bits per heavy atom. The van der Waals surface area contributed by atoms with E-state index in [1.165, 1.54) is 234 Å². The summed E-state index contributed by atoms with van der Waals surface area (Å²) in [6.45, 7) is 5.02. The van der Waals surface area contributed by atoms with Gasteiger partial charge in [-0.25, -0.2) is 0 Å². The molecule has 2 rings (SSSR count). The zero-order chi connectivity index (χ0) is 40.0. The highest BCUT2D eigenvalue weighted by molar-refractivity contribution is 8.45. The van der Waals surface area contributed by atoms with E-state index < -0.39 is 0 Å². The third-order valence-corrected chi connectivity index (χ3v) is 22.1. The molecule has 2 aliphatic rings. The van der Waals surface area contributed by atoms with Crippen molar-refractivity contribution in [1.82, 2.24) is 0 Å². The minimum atomic E-state index is 0.203. The van der Waals surface area contributed by atoms with Gasteiger partial charge in [-0.15, -0.1) is 47.0 Å². The molecule has 0 radical (unpaired) electrons. The van der Waals surface area contributed by atoms with Crippen molar-refractivity contribution in [2.75, 3.05) is 36.2 Å². The maximum absolute atomic E-state index is 9.48. The van der Waals surface area contributed by atoms with Crippen molar-refractivity contribution < 1.29 is 10.2 Å². The lowest BCUT2D eigenvalue weighted by molar-refractivity contribution is 0.322. The van der Waals surface area contributed by atoms with E-state index in [9.17, 15) is 10.2 Å². The summed E-state index contributed by atoms with van der Waals surface area (Å²) < 4.78 is 8.56. The Labute approximate surface area is 382 Å². The Hall–Kier alpha value is 1.94. The minimum Gasteiger partial charge on any atom is -0.396 e. The molecule has 2 N–H and O–H groups in total. The first kappa shape index (κ1) is 54.1. The number of thioether (sulfide) groups is 8. The van der Waals surface area contributed by atoms with Crippen LogP contribution in [0.2, 0.25) is 0 Å². The molecule has 0 amide bonds. The molecular formula is C46H84O2S8. The second-order valence-corrected chi connectivity index (χ2v) is 25.6. The lowest BCUT2D eigenvalue weighted by atomic mass is 10.0. The summed E-state index contributed by atoms with van der Waals surface area (Å²) in [4.78, 5) is 0. The van der Waals surface area contributed by atoms with E-state index in [2.05, 4.69) is 37.4 Å². The molecule has 2 heterocycles. The van der Waals surface area contributed by atoms with E-state index in [0.717, 1.165) is 11.5 Å². The fourth-order valence-electron chi connectivity index (χ4n) is 6.97. The maximum Gasteiger partial charge on any atom is 0.0717 e. The minimum absolute atomic E-state index is 0.203. The average molecular weight is 926 g/mol. The SMILES string of the molecule is CCCCCCCCCCCCCCCCCCSC1=C(SCCCCCCCCCCCCCCCCCC)SC(=C2SC(SCCO)=C(SCCO)S2)S1. The van der Waals surface area contributed by atoms with Crippen molar-refractivity contribution in [3.8, 4) is 0 Å². The highest BCUT2D eigenvalue weighted by Gasteiger charge is 2.30. The zero-order valence-corrected chi connectivity index (χ0v) is 42.6. The van der Waals surface area contributed by atoms with Crippen LogP contribution < -0.4 is 0 Å². The Bertz CT molecular complexity index is 943. The van der Waals surface area contributed by atoms with Gasteiger partial charge < -0.3 is 10.2 Å². The van der Waals surface area contributed by atoms with Gasteiger partial charge in [-0.2, -0.15) is 0 Å². The molecule has 0 bridgehead atoms. The van der Waals surface area contributed by atoms with Gasteiger partial charge in [-0.3, -0.25) is 0 Å². The largest absolute Gasteiger partial charge is 0.396 e. The number of rotatable bonds is 42. The van der Waals surface area contributed by atoms with Crippen molar-refractivity contribution >= 4 is 94.1 Å². The van der Waals surface area contributed by atoms with Crippen molar-refractivity contribution in [3.05, 3.63) is 25.4 Å². The van der Waals surface area contributed by atoms with E-state index in [4.69, 9.17) is 0 Å². The molecule has 0 aromatic carbocycles. The molecule has 56 heavy (non-hydrogen) atoms. The second-order valence-electron chi connectivity index (χ2n) is 15.6. The molecule has 0 fully saturated rings. The quantitative estimate of drug-likeness (QED) is 0.0579. The topological polar surface area (TPSA) is 40.5 Å². The van der Waals surface area contributed by atoms with Crippen LogP contribution in [-0.2, 0) is 0 Å². The molecule has 328 valence electrons. The first-order valence-electron chi connectivity index (χ1n) is 23.4. The lowest BCUT2D eigenvalue weighted by Gasteiger charge is -2.06. The molecule has 0 saturated heterocycles. The molecule has 0 aromatic heterocycles. The van der Waals surface area contributed by atoms with Crippen LogP contribution >= 0.6 is 94.1 Å². The molecule has 0 aliphatic carbocycles. The number of hydrogen-bond acceptors (Lipinski definition) is 10. The van der Waals surface area contributed by atoms with Crippen LogP contribution in [0.15, 0.2) is 25.4 Å². The molecule has 0 atom stereocenters. The summed E-state index contributed by atoms with van der Waals surface area (Å²) in [6, 6.07) is 0. The molecule has 2 nitrogen and oxygen atoms in total. The number of hydrogen-bond donors (Lipinski definition) is 2. The van der Waals surface area contributed by atoms with Crippen molar-refractivity contribution in [2.24, 2.45) is 0 Å². The van der Waals surface area contributed by atoms with Crippen LogP contribution in [0.4, 0.5) is 0 Å². The highest BCUT2D eigenvalue weighted by atomic mass is 32.3. The molecule has 10 heteroatoms. The molecule has 2 aliphatic heterocycles. The third-order valence-electron chi connectivity index (χ3n) is 10.4. The predicted molar refractivity (Wildman–Crippen MR) is 275 cm³/mol. The van der Waals surface area contributed by atoms with Gasteiger partial charge in [0.05, 0.1) is 38.6 Å². The summed E-state index contributed by atoms with van der Waals surface area (Å²) in [6.07, 6.45) is 45.6. The Morgan fingerprint density at radius 2 is 0.482 bits per heavy atom. The first-order chi connectivity index (χ1) is 27.7. The summed E-state index contributed by atoms with van der Waals surface area (Å²) >= 11 is 15.6. The van der Waals surface area contributed by atoms with Crippen LogP contribution in [0, 0.1) is 0 Å². The summed E-state index contributed by atoms with van der Waals surface area (Å²) in [7, 11) is 0.